The van der Waals surface area contributed by atoms with Gasteiger partial charge in [-0.25, -0.2) is 4.90 Å². The lowest BCUT2D eigenvalue weighted by Crippen LogP contribution is -2.32. The quantitative estimate of drug-likeness (QED) is 0.737. The number of hydrogen-bond acceptors (Lipinski definition) is 4. The van der Waals surface area contributed by atoms with Crippen LogP contribution in [0.25, 0.3) is 0 Å². The molecule has 1 N–H and O–H groups in total. The lowest BCUT2D eigenvalue weighted by molar-refractivity contribution is -0.120. The van der Waals surface area contributed by atoms with Gasteiger partial charge in [-0.1, -0.05) is 37.6 Å². The van der Waals surface area contributed by atoms with E-state index in [-0.39, 0.29) is 10.7 Å². The summed E-state index contributed by atoms with van der Waals surface area (Å²) in [6, 6.07) is 14.4. The van der Waals surface area contributed by atoms with Crippen LogP contribution in [0, 0.1) is 0 Å². The zero-order chi connectivity index (χ0) is 19.6. The maximum absolute atomic E-state index is 12.8. The van der Waals surface area contributed by atoms with Gasteiger partial charge >= 0.3 is 0 Å². The summed E-state index contributed by atoms with van der Waals surface area (Å²) >= 11 is 6.16. The molecule has 0 aromatic heterocycles. The van der Waals surface area contributed by atoms with E-state index in [0.29, 0.717) is 23.9 Å². The number of benzene rings is 2. The second kappa shape index (κ2) is 7.84. The predicted octanol–water partition coefficient (Wildman–Crippen LogP) is 4.64. The van der Waals surface area contributed by atoms with Gasteiger partial charge in [-0.2, -0.15) is 0 Å². The summed E-state index contributed by atoms with van der Waals surface area (Å²) in [5.41, 5.74) is 2.34. The second-order valence-corrected chi connectivity index (χ2v) is 6.84. The fourth-order valence-corrected chi connectivity index (χ4v) is 3.01. The molecule has 0 saturated carbocycles. The summed E-state index contributed by atoms with van der Waals surface area (Å²) in [5, 5.41) is 2.83. The largest absolute Gasteiger partial charge is 0.494 e. The van der Waals surface area contributed by atoms with Gasteiger partial charge in [-0.15, -0.1) is 0 Å². The highest BCUT2D eigenvalue weighted by Gasteiger charge is 2.38. The molecule has 0 spiro atoms. The Morgan fingerprint density at radius 1 is 1.00 bits per heavy atom. The number of halogens is 1. The molecule has 1 heterocycles. The SMILES string of the molecule is CCOc1ccc(NC2=C(Cl)C(=O)N(c3ccc(C(C)C)cc3)C2=O)cc1. The molecule has 0 fully saturated rings. The Labute approximate surface area is 163 Å². The summed E-state index contributed by atoms with van der Waals surface area (Å²) in [6.45, 7) is 6.64. The van der Waals surface area contributed by atoms with Gasteiger partial charge in [0.1, 0.15) is 16.5 Å². The molecule has 5 nitrogen and oxygen atoms in total. The van der Waals surface area contributed by atoms with Crippen molar-refractivity contribution in [1.82, 2.24) is 0 Å². The van der Waals surface area contributed by atoms with Gasteiger partial charge in [0.05, 0.1) is 12.3 Å². The lowest BCUT2D eigenvalue weighted by atomic mass is 10.0. The summed E-state index contributed by atoms with van der Waals surface area (Å²) in [6.07, 6.45) is 0. The van der Waals surface area contributed by atoms with Crippen LogP contribution < -0.4 is 15.0 Å². The Hall–Kier alpha value is -2.79. The average Bonchev–Trinajstić information content (AvgIpc) is 2.87. The van der Waals surface area contributed by atoms with E-state index in [1.165, 1.54) is 0 Å². The topological polar surface area (TPSA) is 58.6 Å². The van der Waals surface area contributed by atoms with Crippen molar-refractivity contribution < 1.29 is 14.3 Å². The standard InChI is InChI=1S/C21H21ClN2O3/c1-4-27-17-11-7-15(8-12-17)23-19-18(22)20(25)24(21(19)26)16-9-5-14(6-10-16)13(2)3/h5-13,23H,4H2,1-3H3. The number of ether oxygens (including phenoxy) is 1. The highest BCUT2D eigenvalue weighted by atomic mass is 35.5. The molecule has 3 rings (SSSR count). The predicted molar refractivity (Wildman–Crippen MR) is 107 cm³/mol. The third kappa shape index (κ3) is 3.83. The van der Waals surface area contributed by atoms with E-state index in [4.69, 9.17) is 16.3 Å². The Morgan fingerprint density at radius 3 is 2.19 bits per heavy atom. The van der Waals surface area contributed by atoms with E-state index < -0.39 is 11.8 Å². The van der Waals surface area contributed by atoms with Gasteiger partial charge in [0.2, 0.25) is 0 Å². The minimum Gasteiger partial charge on any atom is -0.494 e. The number of anilines is 2. The third-order valence-electron chi connectivity index (χ3n) is 4.28. The molecule has 0 atom stereocenters. The number of nitrogens with zero attached hydrogens (tertiary/aromatic N) is 1. The van der Waals surface area contributed by atoms with Crippen LogP contribution in [-0.4, -0.2) is 18.4 Å². The fourth-order valence-electron chi connectivity index (χ4n) is 2.80. The van der Waals surface area contributed by atoms with Crippen LogP contribution >= 0.6 is 11.6 Å². The van der Waals surface area contributed by atoms with Crippen LogP contribution in [-0.2, 0) is 9.59 Å². The molecule has 0 unspecified atom stereocenters. The van der Waals surface area contributed by atoms with Gasteiger partial charge in [0.25, 0.3) is 11.8 Å². The highest BCUT2D eigenvalue weighted by molar-refractivity contribution is 6.53. The van der Waals surface area contributed by atoms with Crippen LogP contribution in [0.1, 0.15) is 32.3 Å². The number of imide groups is 1. The molecule has 1 aliphatic rings. The second-order valence-electron chi connectivity index (χ2n) is 6.46. The molecule has 6 heteroatoms. The van der Waals surface area contributed by atoms with Crippen molar-refractivity contribution in [2.45, 2.75) is 26.7 Å². The van der Waals surface area contributed by atoms with Crippen LogP contribution in [0.5, 0.6) is 5.75 Å². The first-order valence-electron chi connectivity index (χ1n) is 8.80. The molecule has 2 aromatic carbocycles. The summed E-state index contributed by atoms with van der Waals surface area (Å²) in [4.78, 5) is 26.4. The van der Waals surface area contributed by atoms with Gasteiger partial charge in [0, 0.05) is 5.69 Å². The zero-order valence-electron chi connectivity index (χ0n) is 15.5. The fraction of sp³-hybridized carbons (Fsp3) is 0.238. The first-order chi connectivity index (χ1) is 12.9. The van der Waals surface area contributed by atoms with E-state index in [1.807, 2.05) is 19.1 Å². The normalized spacial score (nSPS) is 14.3. The van der Waals surface area contributed by atoms with E-state index in [2.05, 4.69) is 19.2 Å². The Balaban J connectivity index is 1.81. The number of rotatable bonds is 6. The molecule has 2 amide bonds. The molecule has 140 valence electrons. The Morgan fingerprint density at radius 2 is 1.63 bits per heavy atom. The highest BCUT2D eigenvalue weighted by Crippen LogP contribution is 2.31. The monoisotopic (exact) mass is 384 g/mol. The minimum absolute atomic E-state index is 0.0683. The molecule has 1 aliphatic heterocycles. The lowest BCUT2D eigenvalue weighted by Gasteiger charge is -2.16. The van der Waals surface area contributed by atoms with Crippen molar-refractivity contribution in [3.8, 4) is 5.75 Å². The van der Waals surface area contributed by atoms with Crippen molar-refractivity contribution in [2.24, 2.45) is 0 Å². The van der Waals surface area contributed by atoms with E-state index in [1.54, 1.807) is 36.4 Å². The molecular weight excluding hydrogens is 364 g/mol. The number of nitrogens with one attached hydrogen (secondary N) is 1. The van der Waals surface area contributed by atoms with E-state index >= 15 is 0 Å². The van der Waals surface area contributed by atoms with Crippen molar-refractivity contribution in [1.29, 1.82) is 0 Å². The van der Waals surface area contributed by atoms with Crippen LogP contribution in [0.15, 0.2) is 59.3 Å². The van der Waals surface area contributed by atoms with Crippen molar-refractivity contribution in [3.63, 3.8) is 0 Å². The van der Waals surface area contributed by atoms with Gasteiger partial charge in [0.15, 0.2) is 0 Å². The number of amides is 2. The molecule has 0 aliphatic carbocycles. The molecule has 27 heavy (non-hydrogen) atoms. The Kier molecular flexibility index (Phi) is 5.51. The zero-order valence-corrected chi connectivity index (χ0v) is 16.2. The van der Waals surface area contributed by atoms with Crippen molar-refractivity contribution in [2.75, 3.05) is 16.8 Å². The van der Waals surface area contributed by atoms with Gasteiger partial charge in [-0.05, 0) is 54.8 Å². The number of hydrogen-bond donors (Lipinski definition) is 1. The molecule has 2 aromatic rings. The molecule has 0 radical (unpaired) electrons. The molecule has 0 saturated heterocycles. The van der Waals surface area contributed by atoms with Crippen LogP contribution in [0.3, 0.4) is 0 Å². The average molecular weight is 385 g/mol. The maximum atomic E-state index is 12.8. The molecule has 0 bridgehead atoms. The smallest absolute Gasteiger partial charge is 0.283 e. The van der Waals surface area contributed by atoms with E-state index in [0.717, 1.165) is 16.2 Å². The Bertz CT molecular complexity index is 887. The molecular formula is C21H21ClN2O3. The summed E-state index contributed by atoms with van der Waals surface area (Å²) < 4.78 is 5.40. The van der Waals surface area contributed by atoms with Gasteiger partial charge in [-0.3, -0.25) is 9.59 Å². The van der Waals surface area contributed by atoms with Crippen LogP contribution in [0.4, 0.5) is 11.4 Å². The van der Waals surface area contributed by atoms with Crippen molar-refractivity contribution in [3.05, 3.63) is 64.8 Å². The summed E-state index contributed by atoms with van der Waals surface area (Å²) in [5.74, 6) is 0.0787. The first kappa shape index (κ1) is 19.0. The van der Waals surface area contributed by atoms with Crippen LogP contribution in [0.2, 0.25) is 0 Å². The number of carbonyl (C=O) groups excluding carboxylic acids is 2. The van der Waals surface area contributed by atoms with Crippen molar-refractivity contribution >= 4 is 34.8 Å². The number of carbonyl (C=O) groups is 2. The minimum atomic E-state index is -0.535. The summed E-state index contributed by atoms with van der Waals surface area (Å²) in [7, 11) is 0. The maximum Gasteiger partial charge on any atom is 0.283 e. The van der Waals surface area contributed by atoms with Gasteiger partial charge < -0.3 is 10.1 Å². The first-order valence-corrected chi connectivity index (χ1v) is 9.18. The third-order valence-corrected chi connectivity index (χ3v) is 4.63. The van der Waals surface area contributed by atoms with E-state index in [9.17, 15) is 9.59 Å².